The first-order chi connectivity index (χ1) is 11.9. The van der Waals surface area contributed by atoms with Gasteiger partial charge in [-0.25, -0.2) is 0 Å². The van der Waals surface area contributed by atoms with Crippen LogP contribution in [-0.2, 0) is 28.4 Å². The zero-order valence-electron chi connectivity index (χ0n) is 17.1. The van der Waals surface area contributed by atoms with Crippen LogP contribution >= 0.6 is 0 Å². The minimum Gasteiger partial charge on any atom is -0.388 e. The third kappa shape index (κ3) is 7.03. The quantitative estimate of drug-likeness (QED) is 0.694. The normalized spacial score (nSPS) is 26.8. The van der Waals surface area contributed by atoms with Gasteiger partial charge < -0.3 is 33.5 Å². The molecule has 0 aromatic rings. The Morgan fingerprint density at radius 2 is 1.00 bits per heavy atom. The van der Waals surface area contributed by atoms with Crippen LogP contribution in [-0.4, -0.2) is 75.6 Å². The first-order valence-electron chi connectivity index (χ1n) is 9.32. The second-order valence-electron chi connectivity index (χ2n) is 9.26. The molecule has 2 rings (SSSR count). The summed E-state index contributed by atoms with van der Waals surface area (Å²) in [6.07, 6.45) is -0.675. The van der Waals surface area contributed by atoms with Crippen LogP contribution in [0.15, 0.2) is 0 Å². The third-order valence-corrected chi connectivity index (χ3v) is 4.59. The van der Waals surface area contributed by atoms with E-state index in [1.54, 1.807) is 0 Å². The lowest BCUT2D eigenvalue weighted by Crippen LogP contribution is -2.48. The molecule has 0 aromatic carbocycles. The van der Waals surface area contributed by atoms with Gasteiger partial charge >= 0.3 is 0 Å². The highest BCUT2D eigenvalue weighted by atomic mass is 16.7. The molecule has 0 aliphatic carbocycles. The van der Waals surface area contributed by atoms with Gasteiger partial charge in [0.25, 0.3) is 0 Å². The van der Waals surface area contributed by atoms with Crippen molar-refractivity contribution in [2.24, 2.45) is 10.8 Å². The predicted molar refractivity (Wildman–Crippen MR) is 95.8 cm³/mol. The van der Waals surface area contributed by atoms with E-state index >= 15 is 0 Å². The van der Waals surface area contributed by atoms with E-state index in [0.717, 1.165) is 0 Å². The van der Waals surface area contributed by atoms with Crippen molar-refractivity contribution in [1.29, 1.82) is 0 Å². The van der Waals surface area contributed by atoms with Gasteiger partial charge in [-0.1, -0.05) is 13.8 Å². The summed E-state index contributed by atoms with van der Waals surface area (Å²) in [6.45, 7) is 15.4. The van der Waals surface area contributed by atoms with Crippen molar-refractivity contribution in [3.05, 3.63) is 0 Å². The van der Waals surface area contributed by atoms with Crippen molar-refractivity contribution >= 4 is 0 Å². The van der Waals surface area contributed by atoms with Gasteiger partial charge in [0.15, 0.2) is 11.6 Å². The third-order valence-electron chi connectivity index (χ3n) is 4.59. The second kappa shape index (κ2) is 8.39. The average molecular weight is 376 g/mol. The summed E-state index contributed by atoms with van der Waals surface area (Å²) >= 11 is 0. The molecule has 7 nitrogen and oxygen atoms in total. The Morgan fingerprint density at radius 1 is 0.692 bits per heavy atom. The summed E-state index contributed by atoms with van der Waals surface area (Å²) in [5, 5.41) is 10.1. The molecule has 0 unspecified atom stereocenters. The van der Waals surface area contributed by atoms with Gasteiger partial charge in [-0.15, -0.1) is 0 Å². The maximum absolute atomic E-state index is 10.1. The molecule has 26 heavy (non-hydrogen) atoms. The minimum atomic E-state index is -0.675. The van der Waals surface area contributed by atoms with Crippen molar-refractivity contribution < 1.29 is 33.5 Å². The Morgan fingerprint density at radius 3 is 1.31 bits per heavy atom. The molecule has 154 valence electrons. The Bertz CT molecular complexity index is 389. The SMILES string of the molecule is CC1(COCC(O)COCC2(C)COC(C)(C)OC2)COC(C)(C)OC1. The number of rotatable bonds is 8. The summed E-state index contributed by atoms with van der Waals surface area (Å²) in [5.74, 6) is -1.07. The summed E-state index contributed by atoms with van der Waals surface area (Å²) in [5.41, 5.74) is -0.402. The Balaban J connectivity index is 1.59. The molecular weight excluding hydrogens is 340 g/mol. The highest BCUT2D eigenvalue weighted by molar-refractivity contribution is 4.80. The van der Waals surface area contributed by atoms with Gasteiger partial charge in [0, 0.05) is 10.8 Å². The molecule has 2 aliphatic rings. The molecule has 0 aromatic heterocycles. The Labute approximate surface area is 157 Å². The molecule has 7 heteroatoms. The topological polar surface area (TPSA) is 75.6 Å². The zero-order chi connectivity index (χ0) is 19.5. The molecular formula is C19H36O7. The fraction of sp³-hybridized carbons (Fsp3) is 1.00. The summed E-state index contributed by atoms with van der Waals surface area (Å²) in [6, 6.07) is 0. The highest BCUT2D eigenvalue weighted by Crippen LogP contribution is 2.30. The van der Waals surface area contributed by atoms with Gasteiger partial charge in [-0.3, -0.25) is 0 Å². The molecule has 0 radical (unpaired) electrons. The van der Waals surface area contributed by atoms with Crippen LogP contribution in [0, 0.1) is 10.8 Å². The molecule has 1 N–H and O–H groups in total. The summed E-state index contributed by atoms with van der Waals surface area (Å²) < 4.78 is 34.1. The van der Waals surface area contributed by atoms with Crippen LogP contribution in [0.5, 0.6) is 0 Å². The summed E-state index contributed by atoms with van der Waals surface area (Å²) in [7, 11) is 0. The molecule has 0 atom stereocenters. The van der Waals surface area contributed by atoms with E-state index in [2.05, 4.69) is 13.8 Å². The standard InChI is InChI=1S/C19H36O7/c1-16(2)23-11-18(5,12-24-16)9-21-7-15(20)8-22-10-19(6)13-25-17(3,4)26-14-19/h15,20H,7-14H2,1-6H3. The van der Waals surface area contributed by atoms with E-state index < -0.39 is 17.7 Å². The molecule has 2 heterocycles. The van der Waals surface area contributed by atoms with Gasteiger partial charge in [-0.2, -0.15) is 0 Å². The molecule has 2 saturated heterocycles. The van der Waals surface area contributed by atoms with E-state index in [-0.39, 0.29) is 24.0 Å². The van der Waals surface area contributed by atoms with Crippen molar-refractivity contribution in [1.82, 2.24) is 0 Å². The number of aliphatic hydroxyl groups excluding tert-OH is 1. The smallest absolute Gasteiger partial charge is 0.162 e. The molecule has 0 saturated carbocycles. The van der Waals surface area contributed by atoms with Crippen molar-refractivity contribution in [2.45, 2.75) is 59.2 Å². The first-order valence-corrected chi connectivity index (χ1v) is 9.32. The van der Waals surface area contributed by atoms with E-state index in [9.17, 15) is 5.11 Å². The molecule has 0 amide bonds. The predicted octanol–water partition coefficient (Wildman–Crippen LogP) is 1.96. The maximum atomic E-state index is 10.1. The lowest BCUT2D eigenvalue weighted by molar-refractivity contribution is -0.290. The van der Waals surface area contributed by atoms with Crippen LogP contribution < -0.4 is 0 Å². The lowest BCUT2D eigenvalue weighted by atomic mass is 9.93. The largest absolute Gasteiger partial charge is 0.388 e. The van der Waals surface area contributed by atoms with Crippen molar-refractivity contribution in [3.63, 3.8) is 0 Å². The second-order valence-corrected chi connectivity index (χ2v) is 9.26. The number of hydrogen-bond acceptors (Lipinski definition) is 7. The fourth-order valence-corrected chi connectivity index (χ4v) is 2.66. The van der Waals surface area contributed by atoms with Gasteiger partial charge in [0.1, 0.15) is 6.10 Å². The highest BCUT2D eigenvalue weighted by Gasteiger charge is 2.38. The van der Waals surface area contributed by atoms with Gasteiger partial charge in [-0.05, 0) is 27.7 Å². The number of ether oxygens (including phenoxy) is 6. The van der Waals surface area contributed by atoms with Gasteiger partial charge in [0.2, 0.25) is 0 Å². The maximum Gasteiger partial charge on any atom is 0.162 e. The lowest BCUT2D eigenvalue weighted by Gasteiger charge is -2.41. The zero-order valence-corrected chi connectivity index (χ0v) is 17.1. The van der Waals surface area contributed by atoms with Crippen molar-refractivity contribution in [3.8, 4) is 0 Å². The van der Waals surface area contributed by atoms with Gasteiger partial charge in [0.05, 0.1) is 52.9 Å². The molecule has 0 bridgehead atoms. The minimum absolute atomic E-state index is 0.201. The van der Waals surface area contributed by atoms with Crippen LogP contribution in [0.1, 0.15) is 41.5 Å². The van der Waals surface area contributed by atoms with E-state index in [1.807, 2.05) is 27.7 Å². The van der Waals surface area contributed by atoms with E-state index in [1.165, 1.54) is 0 Å². The average Bonchev–Trinajstić information content (AvgIpc) is 2.54. The van der Waals surface area contributed by atoms with Crippen LogP contribution in [0.3, 0.4) is 0 Å². The number of hydrogen-bond donors (Lipinski definition) is 1. The molecule has 0 spiro atoms. The number of aliphatic hydroxyl groups is 1. The summed E-state index contributed by atoms with van der Waals surface area (Å²) in [4.78, 5) is 0. The van der Waals surface area contributed by atoms with Crippen molar-refractivity contribution in [2.75, 3.05) is 52.9 Å². The molecule has 2 fully saturated rings. The Hall–Kier alpha value is -0.280. The Kier molecular flexibility index (Phi) is 7.10. The first kappa shape index (κ1) is 22.0. The van der Waals surface area contributed by atoms with E-state index in [4.69, 9.17) is 28.4 Å². The van der Waals surface area contributed by atoms with Crippen LogP contribution in [0.2, 0.25) is 0 Å². The monoisotopic (exact) mass is 376 g/mol. The van der Waals surface area contributed by atoms with E-state index in [0.29, 0.717) is 39.6 Å². The molecule has 2 aliphatic heterocycles. The van der Waals surface area contributed by atoms with Crippen LogP contribution in [0.4, 0.5) is 0 Å². The fourth-order valence-electron chi connectivity index (χ4n) is 2.66. The van der Waals surface area contributed by atoms with Crippen LogP contribution in [0.25, 0.3) is 0 Å².